The van der Waals surface area contributed by atoms with Crippen molar-refractivity contribution in [2.75, 3.05) is 12.0 Å². The molecule has 1 atom stereocenters. The molecule has 0 aliphatic rings. The molecule has 4 heteroatoms. The summed E-state index contributed by atoms with van der Waals surface area (Å²) in [4.78, 5) is 0. The van der Waals surface area contributed by atoms with Gasteiger partial charge in [-0.25, -0.2) is 0 Å². The Morgan fingerprint density at radius 3 is 3.00 bits per heavy atom. The van der Waals surface area contributed by atoms with E-state index in [9.17, 15) is 5.11 Å². The van der Waals surface area contributed by atoms with E-state index < -0.39 is 6.10 Å². The zero-order chi connectivity index (χ0) is 9.68. The molecule has 0 aromatic carbocycles. The normalized spacial score (nSPS) is 13.2. The first-order chi connectivity index (χ1) is 6.25. The van der Waals surface area contributed by atoms with Crippen LogP contribution in [0.1, 0.15) is 24.7 Å². The fourth-order valence-corrected chi connectivity index (χ4v) is 2.02. The van der Waals surface area contributed by atoms with Gasteiger partial charge in [-0.15, -0.1) is 0 Å². The summed E-state index contributed by atoms with van der Waals surface area (Å²) >= 11 is 5.11. The number of aliphatic hydroxyl groups is 1. The first kappa shape index (κ1) is 11.1. The molecule has 1 N–H and O–H groups in total. The minimum Gasteiger partial charge on any atom is -0.465 e. The maximum absolute atomic E-state index is 9.68. The lowest BCUT2D eigenvalue weighted by molar-refractivity contribution is 0.139. The van der Waals surface area contributed by atoms with Crippen LogP contribution in [0.15, 0.2) is 21.2 Å². The van der Waals surface area contributed by atoms with E-state index in [-0.39, 0.29) is 0 Å². The summed E-state index contributed by atoms with van der Waals surface area (Å²) in [5, 5.41) is 9.68. The number of hydrogen-bond acceptors (Lipinski definition) is 3. The molecule has 13 heavy (non-hydrogen) atoms. The fraction of sp³-hybridized carbons (Fsp3) is 0.556. The first-order valence-electron chi connectivity index (χ1n) is 4.15. The molecule has 1 rings (SSSR count). The lowest BCUT2D eigenvalue weighted by Crippen LogP contribution is -1.97. The van der Waals surface area contributed by atoms with Gasteiger partial charge in [0.15, 0.2) is 0 Å². The van der Waals surface area contributed by atoms with Gasteiger partial charge in [0.1, 0.15) is 11.9 Å². The van der Waals surface area contributed by atoms with Crippen molar-refractivity contribution >= 4 is 27.7 Å². The van der Waals surface area contributed by atoms with E-state index in [1.54, 1.807) is 24.1 Å². The van der Waals surface area contributed by atoms with Crippen LogP contribution in [-0.2, 0) is 0 Å². The molecule has 1 heterocycles. The summed E-state index contributed by atoms with van der Waals surface area (Å²) in [6.45, 7) is 0. The Morgan fingerprint density at radius 2 is 2.46 bits per heavy atom. The Kier molecular flexibility index (Phi) is 4.91. The second kappa shape index (κ2) is 5.73. The predicted molar refractivity (Wildman–Crippen MR) is 59.0 cm³/mol. The first-order valence-corrected chi connectivity index (χ1v) is 6.34. The van der Waals surface area contributed by atoms with Crippen LogP contribution in [0.3, 0.4) is 0 Å². The summed E-state index contributed by atoms with van der Waals surface area (Å²) in [7, 11) is 0. The highest BCUT2D eigenvalue weighted by Gasteiger charge is 2.13. The molecule has 1 unspecified atom stereocenters. The van der Waals surface area contributed by atoms with Gasteiger partial charge < -0.3 is 9.52 Å². The lowest BCUT2D eigenvalue weighted by atomic mass is 10.2. The summed E-state index contributed by atoms with van der Waals surface area (Å²) in [5.74, 6) is 1.72. The topological polar surface area (TPSA) is 33.4 Å². The maximum atomic E-state index is 9.68. The molecular formula is C9H13BrO2S. The van der Waals surface area contributed by atoms with Crippen LogP contribution in [0.4, 0.5) is 0 Å². The summed E-state index contributed by atoms with van der Waals surface area (Å²) in [6, 6.07) is 1.80. The monoisotopic (exact) mass is 264 g/mol. The Balaban J connectivity index is 2.39. The van der Waals surface area contributed by atoms with Gasteiger partial charge >= 0.3 is 0 Å². The molecule has 2 nitrogen and oxygen atoms in total. The summed E-state index contributed by atoms with van der Waals surface area (Å²) in [5.41, 5.74) is 0. The van der Waals surface area contributed by atoms with Crippen molar-refractivity contribution in [1.82, 2.24) is 0 Å². The molecule has 0 saturated carbocycles. The average Bonchev–Trinajstić information content (AvgIpc) is 2.52. The standard InChI is InChI=1S/C9H13BrO2S/c1-13-6-2-3-8(11)9-7(10)4-5-12-9/h4-5,8,11H,2-3,6H2,1H3. The van der Waals surface area contributed by atoms with Crippen LogP contribution in [0.25, 0.3) is 0 Å². The van der Waals surface area contributed by atoms with Crippen LogP contribution < -0.4 is 0 Å². The summed E-state index contributed by atoms with van der Waals surface area (Å²) < 4.78 is 6.00. The highest BCUT2D eigenvalue weighted by atomic mass is 79.9. The van der Waals surface area contributed by atoms with E-state index in [1.807, 2.05) is 0 Å². The largest absolute Gasteiger partial charge is 0.465 e. The van der Waals surface area contributed by atoms with E-state index in [0.717, 1.165) is 23.1 Å². The van der Waals surface area contributed by atoms with Gasteiger partial charge in [-0.3, -0.25) is 0 Å². The number of hydrogen-bond donors (Lipinski definition) is 1. The molecule has 0 amide bonds. The lowest BCUT2D eigenvalue weighted by Gasteiger charge is -2.07. The molecule has 0 aliphatic heterocycles. The fourth-order valence-electron chi connectivity index (χ4n) is 1.10. The maximum Gasteiger partial charge on any atom is 0.146 e. The van der Waals surface area contributed by atoms with Crippen molar-refractivity contribution in [3.05, 3.63) is 22.6 Å². The second-order valence-electron chi connectivity index (χ2n) is 2.78. The van der Waals surface area contributed by atoms with Crippen molar-refractivity contribution in [2.45, 2.75) is 18.9 Å². The van der Waals surface area contributed by atoms with E-state index in [2.05, 4.69) is 22.2 Å². The van der Waals surface area contributed by atoms with Gasteiger partial charge in [0.25, 0.3) is 0 Å². The number of furan rings is 1. The number of thioether (sulfide) groups is 1. The third-order valence-corrected chi connectivity index (χ3v) is 3.13. The Labute approximate surface area is 90.8 Å². The van der Waals surface area contributed by atoms with Crippen molar-refractivity contribution in [3.63, 3.8) is 0 Å². The summed E-state index contributed by atoms with van der Waals surface area (Å²) in [6.07, 6.45) is 4.94. The van der Waals surface area contributed by atoms with Crippen molar-refractivity contribution in [1.29, 1.82) is 0 Å². The van der Waals surface area contributed by atoms with Crippen molar-refractivity contribution in [3.8, 4) is 0 Å². The molecule has 0 aliphatic carbocycles. The highest BCUT2D eigenvalue weighted by Crippen LogP contribution is 2.27. The predicted octanol–water partition coefficient (Wildman–Crippen LogP) is 3.22. The van der Waals surface area contributed by atoms with Gasteiger partial charge in [0, 0.05) is 0 Å². The van der Waals surface area contributed by atoms with Gasteiger partial charge in [-0.1, -0.05) is 0 Å². The SMILES string of the molecule is CSCCCC(O)c1occc1Br. The molecule has 0 radical (unpaired) electrons. The van der Waals surface area contributed by atoms with Gasteiger partial charge in [-0.05, 0) is 46.8 Å². The van der Waals surface area contributed by atoms with Gasteiger partial charge in [0.2, 0.25) is 0 Å². The molecule has 1 aromatic rings. The number of rotatable bonds is 5. The molecule has 0 spiro atoms. The zero-order valence-electron chi connectivity index (χ0n) is 7.50. The second-order valence-corrected chi connectivity index (χ2v) is 4.62. The zero-order valence-corrected chi connectivity index (χ0v) is 9.90. The van der Waals surface area contributed by atoms with Crippen LogP contribution in [0, 0.1) is 0 Å². The molecule has 0 fully saturated rings. The minimum absolute atomic E-state index is 0.475. The molecule has 74 valence electrons. The Morgan fingerprint density at radius 1 is 1.69 bits per heavy atom. The third-order valence-electron chi connectivity index (χ3n) is 1.77. The van der Waals surface area contributed by atoms with E-state index in [4.69, 9.17) is 4.42 Å². The molecular weight excluding hydrogens is 252 g/mol. The average molecular weight is 265 g/mol. The minimum atomic E-state index is -0.475. The molecule has 0 bridgehead atoms. The van der Waals surface area contributed by atoms with Crippen LogP contribution >= 0.6 is 27.7 Å². The van der Waals surface area contributed by atoms with Crippen LogP contribution in [0.2, 0.25) is 0 Å². The number of halogens is 1. The van der Waals surface area contributed by atoms with E-state index in [1.165, 1.54) is 0 Å². The Bertz CT molecular complexity index is 250. The van der Waals surface area contributed by atoms with Crippen molar-refractivity contribution in [2.24, 2.45) is 0 Å². The van der Waals surface area contributed by atoms with Gasteiger partial charge in [0.05, 0.1) is 10.7 Å². The quantitative estimate of drug-likeness (QED) is 0.830. The van der Waals surface area contributed by atoms with Gasteiger partial charge in [-0.2, -0.15) is 11.8 Å². The Hall–Kier alpha value is 0.0700. The van der Waals surface area contributed by atoms with E-state index >= 15 is 0 Å². The molecule has 0 saturated heterocycles. The van der Waals surface area contributed by atoms with Crippen molar-refractivity contribution < 1.29 is 9.52 Å². The number of aliphatic hydroxyl groups excluding tert-OH is 1. The highest BCUT2D eigenvalue weighted by molar-refractivity contribution is 9.10. The third kappa shape index (κ3) is 3.37. The van der Waals surface area contributed by atoms with Crippen LogP contribution in [-0.4, -0.2) is 17.1 Å². The van der Waals surface area contributed by atoms with Crippen LogP contribution in [0.5, 0.6) is 0 Å². The van der Waals surface area contributed by atoms with E-state index in [0.29, 0.717) is 5.76 Å². The molecule has 1 aromatic heterocycles. The smallest absolute Gasteiger partial charge is 0.146 e.